The lowest BCUT2D eigenvalue weighted by Gasteiger charge is -2.00. The Morgan fingerprint density at radius 3 is 2.67 bits per heavy atom. The zero-order valence-corrected chi connectivity index (χ0v) is 11.6. The van der Waals surface area contributed by atoms with Crippen molar-refractivity contribution in [2.24, 2.45) is 0 Å². The minimum absolute atomic E-state index is 0.321. The molecule has 2 aromatic rings. The first-order valence-electron chi connectivity index (χ1n) is 5.58. The molecule has 94 valence electrons. The van der Waals surface area contributed by atoms with Crippen LogP contribution >= 0.6 is 23.1 Å². The van der Waals surface area contributed by atoms with Gasteiger partial charge in [0.1, 0.15) is 0 Å². The highest BCUT2D eigenvalue weighted by Gasteiger charge is 2.04. The lowest BCUT2D eigenvalue weighted by molar-refractivity contribution is 0.0697. The minimum Gasteiger partial charge on any atom is -0.478 e. The van der Waals surface area contributed by atoms with E-state index < -0.39 is 5.97 Å². The van der Waals surface area contributed by atoms with E-state index in [4.69, 9.17) is 5.11 Å². The van der Waals surface area contributed by atoms with E-state index in [-0.39, 0.29) is 0 Å². The predicted molar refractivity (Wildman–Crippen MR) is 74.5 cm³/mol. The number of benzene rings is 1. The quantitative estimate of drug-likeness (QED) is 0.848. The Morgan fingerprint density at radius 1 is 1.39 bits per heavy atom. The molecular weight excluding hydrogens is 266 g/mol. The summed E-state index contributed by atoms with van der Waals surface area (Å²) < 4.78 is 0. The third-order valence-electron chi connectivity index (χ3n) is 2.39. The summed E-state index contributed by atoms with van der Waals surface area (Å²) in [5.74, 6) is -0.0678. The highest BCUT2D eigenvalue weighted by molar-refractivity contribution is 7.98. The number of hydrogen-bond donors (Lipinski definition) is 1. The molecule has 3 nitrogen and oxygen atoms in total. The molecule has 0 aliphatic heterocycles. The highest BCUT2D eigenvalue weighted by Crippen LogP contribution is 2.24. The van der Waals surface area contributed by atoms with Gasteiger partial charge in [-0.3, -0.25) is 0 Å². The van der Waals surface area contributed by atoms with Crippen LogP contribution in [0, 0.1) is 0 Å². The number of carboxylic acid groups (broad SMARTS) is 1. The topological polar surface area (TPSA) is 50.2 Å². The van der Waals surface area contributed by atoms with Gasteiger partial charge in [0.15, 0.2) is 0 Å². The Kier molecular flexibility index (Phi) is 4.38. The number of rotatable bonds is 5. The third kappa shape index (κ3) is 3.34. The maximum Gasteiger partial charge on any atom is 0.335 e. The number of hydrogen-bond acceptors (Lipinski definition) is 4. The van der Waals surface area contributed by atoms with Crippen LogP contribution in [0.1, 0.15) is 28.0 Å². The molecule has 0 fully saturated rings. The number of aromatic nitrogens is 1. The second kappa shape index (κ2) is 6.02. The molecule has 1 heterocycles. The molecule has 0 aliphatic carbocycles. The molecule has 18 heavy (non-hydrogen) atoms. The van der Waals surface area contributed by atoms with Gasteiger partial charge in [0, 0.05) is 16.0 Å². The molecule has 0 saturated carbocycles. The van der Waals surface area contributed by atoms with E-state index in [9.17, 15) is 4.79 Å². The summed E-state index contributed by atoms with van der Waals surface area (Å²) in [7, 11) is 0. The fraction of sp³-hybridized carbons (Fsp3) is 0.231. The summed E-state index contributed by atoms with van der Waals surface area (Å²) in [6, 6.07) is 6.93. The monoisotopic (exact) mass is 279 g/mol. The second-order valence-electron chi connectivity index (χ2n) is 3.70. The standard InChI is InChI=1S/C13H13NO2S2/c1-2-12-14-10(8-18-12)7-17-11-5-3-9(4-6-11)13(15)16/h3-6,8H,2,7H2,1H3,(H,15,16). The predicted octanol–water partition coefficient (Wildman–Crippen LogP) is 3.70. The number of carboxylic acids is 1. The van der Waals surface area contributed by atoms with Crippen LogP contribution in [0.3, 0.4) is 0 Å². The first kappa shape index (κ1) is 13.1. The van der Waals surface area contributed by atoms with E-state index in [1.165, 1.54) is 0 Å². The molecule has 0 atom stereocenters. The molecule has 2 rings (SSSR count). The largest absolute Gasteiger partial charge is 0.478 e. The molecule has 0 bridgehead atoms. The summed E-state index contributed by atoms with van der Waals surface area (Å²) in [5.41, 5.74) is 1.41. The smallest absolute Gasteiger partial charge is 0.335 e. The maximum absolute atomic E-state index is 10.7. The Hall–Kier alpha value is -1.33. The van der Waals surface area contributed by atoms with Crippen molar-refractivity contribution in [2.75, 3.05) is 0 Å². The van der Waals surface area contributed by atoms with Crippen molar-refractivity contribution < 1.29 is 9.90 Å². The van der Waals surface area contributed by atoms with Gasteiger partial charge >= 0.3 is 5.97 Å². The van der Waals surface area contributed by atoms with Crippen LogP contribution < -0.4 is 0 Å². The van der Waals surface area contributed by atoms with Gasteiger partial charge in [-0.2, -0.15) is 0 Å². The van der Waals surface area contributed by atoms with E-state index in [2.05, 4.69) is 17.3 Å². The first-order chi connectivity index (χ1) is 8.69. The van der Waals surface area contributed by atoms with Gasteiger partial charge in [0.05, 0.1) is 16.3 Å². The number of thiazole rings is 1. The Bertz CT molecular complexity index is 534. The summed E-state index contributed by atoms with van der Waals surface area (Å²) in [5, 5.41) is 12.0. The van der Waals surface area contributed by atoms with Crippen LogP contribution in [0.5, 0.6) is 0 Å². The maximum atomic E-state index is 10.7. The highest BCUT2D eigenvalue weighted by atomic mass is 32.2. The van der Waals surface area contributed by atoms with Crippen molar-refractivity contribution in [1.29, 1.82) is 0 Å². The van der Waals surface area contributed by atoms with Gasteiger partial charge in [-0.15, -0.1) is 23.1 Å². The Labute approximate surface area is 114 Å². The van der Waals surface area contributed by atoms with Crippen molar-refractivity contribution in [3.05, 3.63) is 45.9 Å². The fourth-order valence-electron chi connectivity index (χ4n) is 1.43. The number of carbonyl (C=O) groups is 1. The van der Waals surface area contributed by atoms with E-state index in [0.717, 1.165) is 27.8 Å². The molecule has 0 unspecified atom stereocenters. The van der Waals surface area contributed by atoms with Crippen LogP contribution in [0.4, 0.5) is 0 Å². The second-order valence-corrected chi connectivity index (χ2v) is 5.70. The lowest BCUT2D eigenvalue weighted by Crippen LogP contribution is -1.94. The van der Waals surface area contributed by atoms with E-state index in [1.54, 1.807) is 35.2 Å². The van der Waals surface area contributed by atoms with Crippen LogP contribution in [0.25, 0.3) is 0 Å². The zero-order chi connectivity index (χ0) is 13.0. The molecule has 0 aliphatic rings. The molecule has 5 heteroatoms. The van der Waals surface area contributed by atoms with Crippen LogP contribution in [-0.4, -0.2) is 16.1 Å². The number of thioether (sulfide) groups is 1. The fourth-order valence-corrected chi connectivity index (χ4v) is 3.07. The average Bonchev–Trinajstić information content (AvgIpc) is 2.85. The number of aryl methyl sites for hydroxylation is 1. The van der Waals surface area contributed by atoms with Gasteiger partial charge in [-0.1, -0.05) is 6.92 Å². The number of aromatic carboxylic acids is 1. The first-order valence-corrected chi connectivity index (χ1v) is 7.45. The molecule has 1 aromatic carbocycles. The van der Waals surface area contributed by atoms with Gasteiger partial charge in [0.2, 0.25) is 0 Å². The van der Waals surface area contributed by atoms with Gasteiger partial charge < -0.3 is 5.11 Å². The molecule has 0 amide bonds. The molecule has 0 saturated heterocycles. The van der Waals surface area contributed by atoms with Crippen LogP contribution in [0.2, 0.25) is 0 Å². The summed E-state index contributed by atoms with van der Waals surface area (Å²) in [6.45, 7) is 2.10. The van der Waals surface area contributed by atoms with Crippen LogP contribution in [-0.2, 0) is 12.2 Å². The zero-order valence-electron chi connectivity index (χ0n) is 9.92. The lowest BCUT2D eigenvalue weighted by atomic mass is 10.2. The summed E-state index contributed by atoms with van der Waals surface area (Å²) in [4.78, 5) is 16.3. The molecule has 0 spiro atoms. The van der Waals surface area contributed by atoms with Crippen molar-refractivity contribution in [1.82, 2.24) is 4.98 Å². The van der Waals surface area contributed by atoms with Crippen molar-refractivity contribution in [3.8, 4) is 0 Å². The normalized spacial score (nSPS) is 10.5. The van der Waals surface area contributed by atoms with Gasteiger partial charge in [-0.25, -0.2) is 9.78 Å². The van der Waals surface area contributed by atoms with Crippen molar-refractivity contribution in [2.45, 2.75) is 24.0 Å². The molecule has 0 radical (unpaired) electrons. The van der Waals surface area contributed by atoms with E-state index in [0.29, 0.717) is 5.56 Å². The van der Waals surface area contributed by atoms with E-state index in [1.807, 2.05) is 12.1 Å². The minimum atomic E-state index is -0.890. The molecule has 1 N–H and O–H groups in total. The number of nitrogens with zero attached hydrogens (tertiary/aromatic N) is 1. The third-order valence-corrected chi connectivity index (χ3v) is 4.48. The summed E-state index contributed by atoms with van der Waals surface area (Å²) in [6.07, 6.45) is 0.975. The Morgan fingerprint density at radius 2 is 2.11 bits per heavy atom. The Balaban J connectivity index is 1.95. The van der Waals surface area contributed by atoms with E-state index >= 15 is 0 Å². The molecule has 1 aromatic heterocycles. The van der Waals surface area contributed by atoms with Gasteiger partial charge in [-0.05, 0) is 30.7 Å². The average molecular weight is 279 g/mol. The van der Waals surface area contributed by atoms with Gasteiger partial charge in [0.25, 0.3) is 0 Å². The van der Waals surface area contributed by atoms with Crippen molar-refractivity contribution >= 4 is 29.1 Å². The van der Waals surface area contributed by atoms with Crippen molar-refractivity contribution in [3.63, 3.8) is 0 Å². The molecular formula is C13H13NO2S2. The summed E-state index contributed by atoms with van der Waals surface area (Å²) >= 11 is 3.36. The van der Waals surface area contributed by atoms with Crippen LogP contribution in [0.15, 0.2) is 34.5 Å². The SMILES string of the molecule is CCc1nc(CSc2ccc(C(=O)O)cc2)cs1.